The summed E-state index contributed by atoms with van der Waals surface area (Å²) in [6.45, 7) is 3.79. The number of piperazine rings is 1. The van der Waals surface area contributed by atoms with Gasteiger partial charge in [-0.3, -0.25) is 14.5 Å². The van der Waals surface area contributed by atoms with Crippen LogP contribution < -0.4 is 10.2 Å². The zero-order valence-corrected chi connectivity index (χ0v) is 13.7. The second-order valence-corrected chi connectivity index (χ2v) is 6.15. The number of hydrogen-bond donors (Lipinski definition) is 1. The smallest absolute Gasteiger partial charge is 0.253 e. The van der Waals surface area contributed by atoms with Crippen LogP contribution in [-0.2, 0) is 9.59 Å². The van der Waals surface area contributed by atoms with E-state index in [0.29, 0.717) is 23.6 Å². The van der Waals surface area contributed by atoms with Crippen molar-refractivity contribution in [2.24, 2.45) is 0 Å². The lowest BCUT2D eigenvalue weighted by Gasteiger charge is -2.41. The van der Waals surface area contributed by atoms with E-state index in [2.05, 4.69) is 21.2 Å². The number of carbonyl (C=O) groups is 2. The van der Waals surface area contributed by atoms with Crippen molar-refractivity contribution >= 4 is 45.0 Å². The van der Waals surface area contributed by atoms with Gasteiger partial charge in [-0.1, -0.05) is 41.4 Å². The lowest BCUT2D eigenvalue weighted by Crippen LogP contribution is -2.66. The number of hydrogen-bond acceptors (Lipinski definition) is 2. The summed E-state index contributed by atoms with van der Waals surface area (Å²) < 4.78 is 0.814. The Kier molecular flexibility index (Phi) is 4.39. The topological polar surface area (TPSA) is 49.4 Å². The third kappa shape index (κ3) is 2.56. The maximum atomic E-state index is 12.8. The first kappa shape index (κ1) is 15.3. The first-order valence-electron chi connectivity index (χ1n) is 6.51. The number of nitrogens with zero attached hydrogens (tertiary/aromatic N) is 1. The largest absolute Gasteiger partial charge is 0.340 e. The second kappa shape index (κ2) is 5.74. The molecule has 1 aromatic carbocycles. The SMILES string of the molecule is CCC1(CC)NC(=O)CN(c2cc(Br)ccc2Cl)C1=O. The van der Waals surface area contributed by atoms with Crippen molar-refractivity contribution in [2.45, 2.75) is 32.2 Å². The van der Waals surface area contributed by atoms with Crippen LogP contribution in [0.15, 0.2) is 22.7 Å². The van der Waals surface area contributed by atoms with Gasteiger partial charge in [0.2, 0.25) is 5.91 Å². The maximum Gasteiger partial charge on any atom is 0.253 e. The number of anilines is 1. The number of halogens is 2. The number of amides is 2. The van der Waals surface area contributed by atoms with E-state index in [0.717, 1.165) is 4.47 Å². The Morgan fingerprint density at radius 3 is 2.60 bits per heavy atom. The van der Waals surface area contributed by atoms with Gasteiger partial charge in [-0.05, 0) is 31.0 Å². The molecule has 1 saturated heterocycles. The Balaban J connectivity index is 2.47. The maximum absolute atomic E-state index is 12.8. The van der Waals surface area contributed by atoms with E-state index < -0.39 is 5.54 Å². The van der Waals surface area contributed by atoms with Crippen LogP contribution in [0.3, 0.4) is 0 Å². The van der Waals surface area contributed by atoms with Gasteiger partial charge >= 0.3 is 0 Å². The van der Waals surface area contributed by atoms with Crippen LogP contribution in [-0.4, -0.2) is 23.9 Å². The molecule has 1 fully saturated rings. The molecule has 0 radical (unpaired) electrons. The fourth-order valence-electron chi connectivity index (χ4n) is 2.45. The Morgan fingerprint density at radius 2 is 2.00 bits per heavy atom. The number of benzene rings is 1. The van der Waals surface area contributed by atoms with Gasteiger partial charge in [0.05, 0.1) is 10.7 Å². The molecule has 2 amide bonds. The molecule has 0 saturated carbocycles. The number of rotatable bonds is 3. The summed E-state index contributed by atoms with van der Waals surface area (Å²) in [5, 5.41) is 3.28. The average Bonchev–Trinajstić information content (AvgIpc) is 2.44. The van der Waals surface area contributed by atoms with Gasteiger partial charge in [0.25, 0.3) is 5.91 Å². The first-order chi connectivity index (χ1) is 9.43. The van der Waals surface area contributed by atoms with Gasteiger partial charge in [-0.2, -0.15) is 0 Å². The summed E-state index contributed by atoms with van der Waals surface area (Å²) in [6.07, 6.45) is 1.10. The van der Waals surface area contributed by atoms with Crippen molar-refractivity contribution in [3.05, 3.63) is 27.7 Å². The predicted octanol–water partition coefficient (Wildman–Crippen LogP) is 3.12. The second-order valence-electron chi connectivity index (χ2n) is 4.82. The minimum absolute atomic E-state index is 0.00322. The molecule has 1 N–H and O–H groups in total. The van der Waals surface area contributed by atoms with E-state index in [4.69, 9.17) is 11.6 Å². The summed E-state index contributed by atoms with van der Waals surface area (Å²) in [5.41, 5.74) is -0.270. The van der Waals surface area contributed by atoms with E-state index in [1.165, 1.54) is 4.90 Å². The summed E-state index contributed by atoms with van der Waals surface area (Å²) >= 11 is 9.54. The molecule has 0 aromatic heterocycles. The molecular formula is C14H16BrClN2O2. The van der Waals surface area contributed by atoms with Crippen LogP contribution in [0, 0.1) is 0 Å². The van der Waals surface area contributed by atoms with Crippen LogP contribution in [0.4, 0.5) is 5.69 Å². The van der Waals surface area contributed by atoms with Gasteiger partial charge in [-0.15, -0.1) is 0 Å². The first-order valence-corrected chi connectivity index (χ1v) is 7.68. The molecule has 1 heterocycles. The van der Waals surface area contributed by atoms with Crippen molar-refractivity contribution in [1.82, 2.24) is 5.32 Å². The standard InChI is InChI=1S/C14H16BrClN2O2/c1-3-14(4-2)13(20)18(8-12(19)17-14)11-7-9(15)5-6-10(11)16/h5-7H,3-4,8H2,1-2H3,(H,17,19). The minimum Gasteiger partial charge on any atom is -0.340 e. The fraction of sp³-hybridized carbons (Fsp3) is 0.429. The van der Waals surface area contributed by atoms with Gasteiger partial charge in [0, 0.05) is 4.47 Å². The normalized spacial score (nSPS) is 18.1. The van der Waals surface area contributed by atoms with Crippen LogP contribution in [0.1, 0.15) is 26.7 Å². The predicted molar refractivity (Wildman–Crippen MR) is 83.0 cm³/mol. The van der Waals surface area contributed by atoms with Crippen molar-refractivity contribution in [2.75, 3.05) is 11.4 Å². The highest BCUT2D eigenvalue weighted by Crippen LogP contribution is 2.33. The van der Waals surface area contributed by atoms with E-state index >= 15 is 0 Å². The molecule has 4 nitrogen and oxygen atoms in total. The Labute approximate surface area is 131 Å². The average molecular weight is 360 g/mol. The Bertz CT molecular complexity index is 558. The van der Waals surface area contributed by atoms with Crippen LogP contribution in [0.5, 0.6) is 0 Å². The molecule has 108 valence electrons. The summed E-state index contributed by atoms with van der Waals surface area (Å²) in [7, 11) is 0. The number of nitrogens with one attached hydrogen (secondary N) is 1. The summed E-state index contributed by atoms with van der Waals surface area (Å²) in [5.74, 6) is -0.272. The van der Waals surface area contributed by atoms with E-state index in [1.54, 1.807) is 18.2 Å². The molecule has 1 aliphatic heterocycles. The summed E-state index contributed by atoms with van der Waals surface area (Å²) in [4.78, 5) is 26.2. The zero-order chi connectivity index (χ0) is 14.9. The van der Waals surface area contributed by atoms with Crippen molar-refractivity contribution in [3.8, 4) is 0 Å². The lowest BCUT2D eigenvalue weighted by molar-refractivity contribution is -0.136. The molecule has 0 bridgehead atoms. The van der Waals surface area contributed by atoms with E-state index in [9.17, 15) is 9.59 Å². The summed E-state index contributed by atoms with van der Waals surface area (Å²) in [6, 6.07) is 5.27. The molecule has 6 heteroatoms. The van der Waals surface area contributed by atoms with Gasteiger partial charge in [0.15, 0.2) is 0 Å². The van der Waals surface area contributed by atoms with Gasteiger partial charge in [-0.25, -0.2) is 0 Å². The van der Waals surface area contributed by atoms with Crippen molar-refractivity contribution in [3.63, 3.8) is 0 Å². The minimum atomic E-state index is -0.832. The molecular weight excluding hydrogens is 344 g/mol. The van der Waals surface area contributed by atoms with E-state index in [-0.39, 0.29) is 18.4 Å². The quantitative estimate of drug-likeness (QED) is 0.901. The molecule has 0 unspecified atom stereocenters. The van der Waals surface area contributed by atoms with E-state index in [1.807, 2.05) is 13.8 Å². The molecule has 1 aromatic rings. The zero-order valence-electron chi connectivity index (χ0n) is 11.4. The molecule has 0 aliphatic carbocycles. The molecule has 2 rings (SSSR count). The van der Waals surface area contributed by atoms with Crippen LogP contribution in [0.25, 0.3) is 0 Å². The molecule has 0 spiro atoms. The monoisotopic (exact) mass is 358 g/mol. The highest BCUT2D eigenvalue weighted by Gasteiger charge is 2.44. The third-order valence-electron chi connectivity index (χ3n) is 3.74. The Morgan fingerprint density at radius 1 is 1.35 bits per heavy atom. The molecule has 20 heavy (non-hydrogen) atoms. The van der Waals surface area contributed by atoms with Gasteiger partial charge < -0.3 is 5.32 Å². The highest BCUT2D eigenvalue weighted by atomic mass is 79.9. The Hall–Kier alpha value is -1.07. The highest BCUT2D eigenvalue weighted by molar-refractivity contribution is 9.10. The number of carbonyl (C=O) groups excluding carboxylic acids is 2. The van der Waals surface area contributed by atoms with Crippen molar-refractivity contribution < 1.29 is 9.59 Å². The van der Waals surface area contributed by atoms with Crippen molar-refractivity contribution in [1.29, 1.82) is 0 Å². The molecule has 1 aliphatic rings. The van der Waals surface area contributed by atoms with Gasteiger partial charge in [0.1, 0.15) is 12.1 Å². The lowest BCUT2D eigenvalue weighted by atomic mass is 9.88. The third-order valence-corrected chi connectivity index (χ3v) is 4.55. The fourth-order valence-corrected chi connectivity index (χ4v) is 3.02. The van der Waals surface area contributed by atoms with Crippen LogP contribution in [0.2, 0.25) is 5.02 Å². The molecule has 0 atom stereocenters. The van der Waals surface area contributed by atoms with Crippen LogP contribution >= 0.6 is 27.5 Å².